The Balaban J connectivity index is 2.73. The van der Waals surface area contributed by atoms with E-state index in [9.17, 15) is 13.2 Å². The number of carbonyl (C=O) groups is 1. The molecule has 0 unspecified atom stereocenters. The molecule has 0 aliphatic carbocycles. The van der Waals surface area contributed by atoms with Crippen LogP contribution in [-0.2, 0) is 14.6 Å². The highest BCUT2D eigenvalue weighted by atomic mass is 32.2. The topological polar surface area (TPSA) is 60.4 Å². The molecule has 0 atom stereocenters. The molecule has 0 aromatic heterocycles. The molecule has 0 heterocycles. The van der Waals surface area contributed by atoms with Gasteiger partial charge in [-0.1, -0.05) is 37.3 Å². The average Bonchev–Trinajstić information content (AvgIpc) is 2.27. The Morgan fingerprint density at radius 3 is 2.16 bits per heavy atom. The number of benzene rings is 1. The second-order valence-electron chi connectivity index (χ2n) is 5.73. The van der Waals surface area contributed by atoms with Gasteiger partial charge in [-0.25, -0.2) is 13.2 Å². The van der Waals surface area contributed by atoms with Gasteiger partial charge in [0.15, 0.2) is 0 Å². The zero-order valence-corrected chi connectivity index (χ0v) is 13.6. The number of aryl methyl sites for hydroxylation is 1. The Labute approximate surface area is 115 Å². The van der Waals surface area contributed by atoms with Crippen molar-refractivity contribution in [3.05, 3.63) is 29.8 Å². The minimum Gasteiger partial charge on any atom is -0.454 e. The third-order valence-electron chi connectivity index (χ3n) is 2.62. The van der Waals surface area contributed by atoms with E-state index in [4.69, 9.17) is 4.74 Å². The highest BCUT2D eigenvalue weighted by Crippen LogP contribution is 2.15. The van der Waals surface area contributed by atoms with Gasteiger partial charge in [-0.2, -0.15) is 0 Å². The molecule has 0 saturated heterocycles. The van der Waals surface area contributed by atoms with Crippen molar-refractivity contribution in [3.8, 4) is 0 Å². The predicted molar refractivity (Wildman–Crippen MR) is 77.9 cm³/mol. The number of ether oxygens (including phenoxy) is 1. The number of rotatable bonds is 4. The van der Waals surface area contributed by atoms with Gasteiger partial charge in [0.25, 0.3) is 9.84 Å². The van der Waals surface area contributed by atoms with Gasteiger partial charge in [0.2, 0.25) is 0 Å². The normalized spacial score (nSPS) is 12.2. The smallest absolute Gasteiger partial charge is 0.429 e. The zero-order chi connectivity index (χ0) is 14.7. The maximum absolute atomic E-state index is 11.9. The molecule has 0 N–H and O–H groups in total. The van der Waals surface area contributed by atoms with Gasteiger partial charge < -0.3 is 4.74 Å². The molecule has 0 radical (unpaired) electrons. The van der Waals surface area contributed by atoms with Crippen LogP contribution in [0.15, 0.2) is 29.2 Å². The van der Waals surface area contributed by atoms with Gasteiger partial charge >= 0.3 is 5.30 Å². The zero-order valence-electron chi connectivity index (χ0n) is 11.8. The summed E-state index contributed by atoms with van der Waals surface area (Å²) in [4.78, 5) is 11.6. The van der Waals surface area contributed by atoms with Crippen molar-refractivity contribution in [2.75, 3.05) is 6.61 Å². The van der Waals surface area contributed by atoms with E-state index in [0.29, 0.717) is 0 Å². The van der Waals surface area contributed by atoms with Gasteiger partial charge in [-0.3, -0.25) is 0 Å². The SMILES string of the molecule is Cc1ccc(S(=O)(=O)C(=O)OCC[Si](C)(C)C)cc1. The van der Waals surface area contributed by atoms with Crippen molar-refractivity contribution in [1.29, 1.82) is 0 Å². The first-order valence-corrected chi connectivity index (χ1v) is 11.3. The van der Waals surface area contributed by atoms with E-state index in [1.807, 2.05) is 6.92 Å². The van der Waals surface area contributed by atoms with Crippen molar-refractivity contribution >= 4 is 23.2 Å². The van der Waals surface area contributed by atoms with Crippen LogP contribution in [0.1, 0.15) is 5.56 Å². The van der Waals surface area contributed by atoms with E-state index in [1.165, 1.54) is 12.1 Å². The number of sulfone groups is 1. The second-order valence-corrected chi connectivity index (χ2v) is 13.2. The Morgan fingerprint density at radius 1 is 1.16 bits per heavy atom. The fraction of sp³-hybridized carbons (Fsp3) is 0.462. The molecule has 4 nitrogen and oxygen atoms in total. The molecule has 6 heteroatoms. The Morgan fingerprint density at radius 2 is 1.68 bits per heavy atom. The first-order chi connectivity index (χ1) is 8.63. The highest BCUT2D eigenvalue weighted by molar-refractivity contribution is 8.05. The summed E-state index contributed by atoms with van der Waals surface area (Å²) in [6.07, 6.45) is 0. The molecule has 106 valence electrons. The molecular formula is C13H20O4SSi. The third-order valence-corrected chi connectivity index (χ3v) is 5.78. The first-order valence-electron chi connectivity index (χ1n) is 6.11. The van der Waals surface area contributed by atoms with Gasteiger partial charge in [0.05, 0.1) is 11.5 Å². The molecule has 0 aliphatic rings. The van der Waals surface area contributed by atoms with Crippen molar-refractivity contribution < 1.29 is 17.9 Å². The molecule has 0 spiro atoms. The Bertz CT molecular complexity index is 541. The minimum atomic E-state index is -4.02. The van der Waals surface area contributed by atoms with E-state index in [1.54, 1.807) is 12.1 Å². The van der Waals surface area contributed by atoms with Gasteiger partial charge in [0.1, 0.15) is 0 Å². The van der Waals surface area contributed by atoms with Crippen LogP contribution in [0.5, 0.6) is 0 Å². The standard InChI is InChI=1S/C13H20O4SSi/c1-11-5-7-12(8-6-11)18(15,16)13(14)17-9-10-19(2,3)4/h5-8H,9-10H2,1-4H3. The van der Waals surface area contributed by atoms with Crippen LogP contribution in [-0.4, -0.2) is 28.4 Å². The summed E-state index contributed by atoms with van der Waals surface area (Å²) < 4.78 is 28.7. The molecule has 0 fully saturated rings. The van der Waals surface area contributed by atoms with Crippen molar-refractivity contribution in [2.45, 2.75) is 37.5 Å². The van der Waals surface area contributed by atoms with E-state index in [-0.39, 0.29) is 11.5 Å². The first kappa shape index (κ1) is 15.9. The van der Waals surface area contributed by atoms with Crippen molar-refractivity contribution in [3.63, 3.8) is 0 Å². The lowest BCUT2D eigenvalue weighted by molar-refractivity contribution is 0.178. The van der Waals surface area contributed by atoms with E-state index < -0.39 is 23.2 Å². The minimum absolute atomic E-state index is 0.0175. The lowest BCUT2D eigenvalue weighted by atomic mass is 10.2. The summed E-state index contributed by atoms with van der Waals surface area (Å²) >= 11 is 0. The van der Waals surface area contributed by atoms with Crippen LogP contribution in [0.4, 0.5) is 4.79 Å². The van der Waals surface area contributed by atoms with Crippen LogP contribution >= 0.6 is 0 Å². The summed E-state index contributed by atoms with van der Waals surface area (Å²) in [5.74, 6) is 0. The molecule has 19 heavy (non-hydrogen) atoms. The fourth-order valence-corrected chi connectivity index (χ4v) is 2.97. The molecule has 0 aliphatic heterocycles. The van der Waals surface area contributed by atoms with Crippen LogP contribution in [0.3, 0.4) is 0 Å². The molecular weight excluding hydrogens is 280 g/mol. The number of hydrogen-bond donors (Lipinski definition) is 0. The molecule has 0 saturated carbocycles. The monoisotopic (exact) mass is 300 g/mol. The molecule has 0 bridgehead atoms. The highest BCUT2D eigenvalue weighted by Gasteiger charge is 2.27. The number of hydrogen-bond acceptors (Lipinski definition) is 4. The molecule has 1 aromatic carbocycles. The maximum atomic E-state index is 11.9. The summed E-state index contributed by atoms with van der Waals surface area (Å²) in [6.45, 7) is 8.42. The summed E-state index contributed by atoms with van der Waals surface area (Å²) in [5, 5.41) is -1.16. The van der Waals surface area contributed by atoms with Crippen molar-refractivity contribution in [1.82, 2.24) is 0 Å². The Hall–Kier alpha value is -1.14. The van der Waals surface area contributed by atoms with Crippen molar-refractivity contribution in [2.24, 2.45) is 0 Å². The molecule has 1 rings (SSSR count). The van der Waals surface area contributed by atoms with Crippen LogP contribution in [0.25, 0.3) is 0 Å². The number of carbonyl (C=O) groups excluding carboxylic acids is 1. The van der Waals surface area contributed by atoms with Crippen LogP contribution in [0.2, 0.25) is 25.7 Å². The van der Waals surface area contributed by atoms with E-state index in [0.717, 1.165) is 11.6 Å². The molecule has 0 amide bonds. The van der Waals surface area contributed by atoms with E-state index in [2.05, 4.69) is 19.6 Å². The maximum Gasteiger partial charge on any atom is 0.429 e. The van der Waals surface area contributed by atoms with Crippen LogP contribution in [0, 0.1) is 6.92 Å². The van der Waals surface area contributed by atoms with Crippen LogP contribution < -0.4 is 0 Å². The van der Waals surface area contributed by atoms with Gasteiger partial charge in [0, 0.05) is 8.07 Å². The van der Waals surface area contributed by atoms with Gasteiger partial charge in [-0.05, 0) is 25.1 Å². The van der Waals surface area contributed by atoms with Gasteiger partial charge in [-0.15, -0.1) is 0 Å². The quantitative estimate of drug-likeness (QED) is 0.632. The summed E-state index contributed by atoms with van der Waals surface area (Å²) in [5.41, 5.74) is 0.936. The third kappa shape index (κ3) is 4.79. The summed E-state index contributed by atoms with van der Waals surface area (Å²) in [7, 11) is -5.36. The molecule has 1 aromatic rings. The lowest BCUT2D eigenvalue weighted by Gasteiger charge is -2.15. The fourth-order valence-electron chi connectivity index (χ4n) is 1.33. The predicted octanol–water partition coefficient (Wildman–Crippen LogP) is 3.24. The average molecular weight is 300 g/mol. The largest absolute Gasteiger partial charge is 0.454 e. The second kappa shape index (κ2) is 5.88. The van der Waals surface area contributed by atoms with E-state index >= 15 is 0 Å². The lowest BCUT2D eigenvalue weighted by Crippen LogP contribution is -2.24. The Kier molecular flexibility index (Phi) is 4.92. The summed E-state index contributed by atoms with van der Waals surface area (Å²) in [6, 6.07) is 6.90.